The summed E-state index contributed by atoms with van der Waals surface area (Å²) in [6.07, 6.45) is -0.865. The average Bonchev–Trinajstić information content (AvgIpc) is 2.61. The lowest BCUT2D eigenvalue weighted by molar-refractivity contribution is -0.126. The summed E-state index contributed by atoms with van der Waals surface area (Å²) in [4.78, 5) is 28.0. The van der Waals surface area contributed by atoms with Gasteiger partial charge in [0.15, 0.2) is 6.10 Å². The number of hydrogen-bond acceptors (Lipinski definition) is 4. The number of esters is 1. The monoisotopic (exact) mass is 326 g/mol. The van der Waals surface area contributed by atoms with Crippen LogP contribution in [0.5, 0.6) is 0 Å². The lowest BCUT2D eigenvalue weighted by atomic mass is 10.2. The number of amides is 1. The van der Waals surface area contributed by atoms with Crippen LogP contribution in [0.3, 0.4) is 0 Å². The van der Waals surface area contributed by atoms with Crippen molar-refractivity contribution in [2.75, 3.05) is 30.9 Å². The molecule has 0 unspecified atom stereocenters. The predicted octanol–water partition coefficient (Wildman–Crippen LogP) is 2.96. The van der Waals surface area contributed by atoms with E-state index in [9.17, 15) is 9.59 Å². The minimum Gasteiger partial charge on any atom is -0.449 e. The quantitative estimate of drug-likeness (QED) is 0.793. The second-order valence-electron chi connectivity index (χ2n) is 5.72. The molecule has 0 bridgehead atoms. The smallest absolute Gasteiger partial charge is 0.338 e. The molecule has 24 heavy (non-hydrogen) atoms. The van der Waals surface area contributed by atoms with E-state index in [0.29, 0.717) is 5.56 Å². The van der Waals surface area contributed by atoms with Gasteiger partial charge in [-0.05, 0) is 43.3 Å². The van der Waals surface area contributed by atoms with Gasteiger partial charge in [-0.15, -0.1) is 0 Å². The Morgan fingerprint density at radius 1 is 0.875 bits per heavy atom. The van der Waals surface area contributed by atoms with Crippen molar-refractivity contribution in [2.45, 2.75) is 13.0 Å². The summed E-state index contributed by atoms with van der Waals surface area (Å²) < 4.78 is 5.30. The molecule has 0 saturated carbocycles. The van der Waals surface area contributed by atoms with E-state index in [0.717, 1.165) is 11.4 Å². The molecule has 0 aliphatic carbocycles. The molecule has 1 atom stereocenters. The number of ether oxygens (including phenoxy) is 1. The van der Waals surface area contributed by atoms with Crippen molar-refractivity contribution in [1.82, 2.24) is 0 Å². The molecular weight excluding hydrogens is 304 g/mol. The molecule has 0 N–H and O–H groups in total. The van der Waals surface area contributed by atoms with Gasteiger partial charge < -0.3 is 14.5 Å². The maximum Gasteiger partial charge on any atom is 0.338 e. The van der Waals surface area contributed by atoms with E-state index in [1.807, 2.05) is 61.5 Å². The largest absolute Gasteiger partial charge is 0.449 e. The van der Waals surface area contributed by atoms with Crippen LogP contribution in [0.4, 0.5) is 11.4 Å². The number of anilines is 2. The first-order valence-electron chi connectivity index (χ1n) is 7.71. The third-order valence-corrected chi connectivity index (χ3v) is 3.73. The van der Waals surface area contributed by atoms with Gasteiger partial charge in [0.05, 0.1) is 5.56 Å². The molecule has 2 rings (SSSR count). The Bertz CT molecular complexity index is 696. The van der Waals surface area contributed by atoms with Crippen LogP contribution in [0.2, 0.25) is 0 Å². The Morgan fingerprint density at radius 2 is 1.46 bits per heavy atom. The fraction of sp³-hybridized carbons (Fsp3) is 0.263. The van der Waals surface area contributed by atoms with Gasteiger partial charge in [0.25, 0.3) is 5.91 Å². The number of benzene rings is 2. The molecule has 2 aromatic rings. The van der Waals surface area contributed by atoms with E-state index in [4.69, 9.17) is 4.74 Å². The minimum atomic E-state index is -0.865. The summed E-state index contributed by atoms with van der Waals surface area (Å²) in [5, 5.41) is 0. The van der Waals surface area contributed by atoms with Crippen molar-refractivity contribution in [3.8, 4) is 0 Å². The van der Waals surface area contributed by atoms with Crippen LogP contribution in [0.1, 0.15) is 17.3 Å². The van der Waals surface area contributed by atoms with E-state index >= 15 is 0 Å². The zero-order valence-corrected chi connectivity index (χ0v) is 14.4. The van der Waals surface area contributed by atoms with Crippen molar-refractivity contribution >= 4 is 23.3 Å². The molecule has 0 fully saturated rings. The van der Waals surface area contributed by atoms with Crippen molar-refractivity contribution < 1.29 is 14.3 Å². The van der Waals surface area contributed by atoms with Crippen LogP contribution < -0.4 is 9.80 Å². The third-order valence-electron chi connectivity index (χ3n) is 3.73. The molecular formula is C19H22N2O3. The lowest BCUT2D eigenvalue weighted by Crippen LogP contribution is -2.37. The maximum absolute atomic E-state index is 12.4. The fourth-order valence-corrected chi connectivity index (χ4v) is 2.23. The SMILES string of the molecule is C[C@H](OC(=O)c1ccc(N(C)C)cc1)C(=O)N(C)c1ccccc1. The zero-order chi connectivity index (χ0) is 17.7. The Morgan fingerprint density at radius 3 is 2.00 bits per heavy atom. The molecule has 5 heteroatoms. The van der Waals surface area contributed by atoms with Crippen molar-refractivity contribution in [3.05, 3.63) is 60.2 Å². The number of carbonyl (C=O) groups is 2. The van der Waals surface area contributed by atoms with E-state index in [1.165, 1.54) is 4.90 Å². The molecule has 0 aliphatic rings. The van der Waals surface area contributed by atoms with E-state index < -0.39 is 12.1 Å². The normalized spacial score (nSPS) is 11.5. The van der Waals surface area contributed by atoms with Crippen LogP contribution in [-0.2, 0) is 9.53 Å². The van der Waals surface area contributed by atoms with E-state index in [1.54, 1.807) is 26.1 Å². The van der Waals surface area contributed by atoms with E-state index in [2.05, 4.69) is 0 Å². The Labute approximate surface area is 142 Å². The highest BCUT2D eigenvalue weighted by Crippen LogP contribution is 2.16. The number of para-hydroxylation sites is 1. The van der Waals surface area contributed by atoms with E-state index in [-0.39, 0.29) is 5.91 Å². The van der Waals surface area contributed by atoms with Gasteiger partial charge in [0, 0.05) is 32.5 Å². The Hall–Kier alpha value is -2.82. The van der Waals surface area contributed by atoms with Crippen molar-refractivity contribution in [3.63, 3.8) is 0 Å². The van der Waals surface area contributed by atoms with Gasteiger partial charge in [-0.2, -0.15) is 0 Å². The summed E-state index contributed by atoms with van der Waals surface area (Å²) in [6.45, 7) is 1.58. The van der Waals surface area contributed by atoms with Gasteiger partial charge in [0.1, 0.15) is 0 Å². The number of rotatable bonds is 5. The van der Waals surface area contributed by atoms with Crippen molar-refractivity contribution in [1.29, 1.82) is 0 Å². The predicted molar refractivity (Wildman–Crippen MR) is 95.5 cm³/mol. The first-order chi connectivity index (χ1) is 11.4. The van der Waals surface area contributed by atoms with Gasteiger partial charge in [-0.3, -0.25) is 4.79 Å². The molecule has 2 aromatic carbocycles. The second-order valence-corrected chi connectivity index (χ2v) is 5.72. The number of likely N-dealkylation sites (N-methyl/N-ethyl adjacent to an activating group) is 1. The van der Waals surface area contributed by atoms with Crippen LogP contribution in [0.15, 0.2) is 54.6 Å². The molecule has 0 aromatic heterocycles. The van der Waals surface area contributed by atoms with Crippen molar-refractivity contribution in [2.24, 2.45) is 0 Å². The summed E-state index contributed by atoms with van der Waals surface area (Å²) in [6, 6.07) is 16.3. The fourth-order valence-electron chi connectivity index (χ4n) is 2.23. The highest BCUT2D eigenvalue weighted by Gasteiger charge is 2.23. The van der Waals surface area contributed by atoms with Gasteiger partial charge in [-0.1, -0.05) is 18.2 Å². The molecule has 0 aliphatic heterocycles. The topological polar surface area (TPSA) is 49.9 Å². The molecule has 0 saturated heterocycles. The van der Waals surface area contributed by atoms with Gasteiger partial charge in [0.2, 0.25) is 0 Å². The summed E-state index contributed by atoms with van der Waals surface area (Å²) >= 11 is 0. The molecule has 0 heterocycles. The van der Waals surface area contributed by atoms with Gasteiger partial charge in [-0.25, -0.2) is 4.79 Å². The lowest BCUT2D eigenvalue weighted by Gasteiger charge is -2.21. The van der Waals surface area contributed by atoms with Gasteiger partial charge >= 0.3 is 5.97 Å². The van der Waals surface area contributed by atoms with Crippen LogP contribution >= 0.6 is 0 Å². The molecule has 0 spiro atoms. The number of hydrogen-bond donors (Lipinski definition) is 0. The molecule has 1 amide bonds. The molecule has 126 valence electrons. The number of carbonyl (C=O) groups excluding carboxylic acids is 2. The standard InChI is InChI=1S/C19H22N2O3/c1-14(18(22)21(4)17-8-6-5-7-9-17)24-19(23)15-10-12-16(13-11-15)20(2)3/h5-14H,1-4H3/t14-/m0/s1. The zero-order valence-electron chi connectivity index (χ0n) is 14.4. The summed E-state index contributed by atoms with van der Waals surface area (Å²) in [7, 11) is 5.51. The minimum absolute atomic E-state index is 0.278. The third kappa shape index (κ3) is 4.13. The second kappa shape index (κ2) is 7.64. The van der Waals surface area contributed by atoms with Crippen LogP contribution in [0.25, 0.3) is 0 Å². The first-order valence-corrected chi connectivity index (χ1v) is 7.71. The maximum atomic E-state index is 12.4. The molecule has 5 nitrogen and oxygen atoms in total. The summed E-state index contributed by atoms with van der Waals surface area (Å²) in [5.74, 6) is -0.790. The average molecular weight is 326 g/mol. The van der Waals surface area contributed by atoms with Crippen LogP contribution in [0, 0.1) is 0 Å². The molecule has 0 radical (unpaired) electrons. The Balaban J connectivity index is 2.01. The number of nitrogens with zero attached hydrogens (tertiary/aromatic N) is 2. The first kappa shape index (κ1) is 17.5. The Kier molecular flexibility index (Phi) is 5.58. The highest BCUT2D eigenvalue weighted by molar-refractivity contribution is 5.98. The van der Waals surface area contributed by atoms with Crippen LogP contribution in [-0.4, -0.2) is 39.1 Å². The highest BCUT2D eigenvalue weighted by atomic mass is 16.5. The summed E-state index contributed by atoms with van der Waals surface area (Å²) in [5.41, 5.74) is 2.16.